The molecule has 0 radical (unpaired) electrons. The van der Waals surface area contributed by atoms with Crippen molar-refractivity contribution in [2.75, 3.05) is 13.3 Å². The first-order valence-corrected chi connectivity index (χ1v) is 9.25. The molecular formula is C19H13F13O6. The molecule has 0 aromatic heterocycles. The van der Waals surface area contributed by atoms with Crippen LogP contribution >= 0.6 is 0 Å². The van der Waals surface area contributed by atoms with Gasteiger partial charge in [0.1, 0.15) is 13.3 Å². The lowest BCUT2D eigenvalue weighted by molar-refractivity contribution is -0.503. The Morgan fingerprint density at radius 2 is 0.868 bits per heavy atom. The smallest absolute Gasteiger partial charge is 0.397 e. The first kappa shape index (κ1) is 32.7. The molecule has 1 saturated carbocycles. The molecule has 4 atom stereocenters. The van der Waals surface area contributed by atoms with Crippen LogP contribution in [0.15, 0.2) is 38.0 Å². The van der Waals surface area contributed by atoms with Gasteiger partial charge in [-0.05, 0) is 0 Å². The second kappa shape index (κ2) is 9.48. The molecule has 1 rings (SSSR count). The molecule has 1 fully saturated rings. The van der Waals surface area contributed by atoms with Crippen LogP contribution in [0.2, 0.25) is 0 Å². The van der Waals surface area contributed by atoms with Crippen LogP contribution in [0, 0.1) is 0 Å². The van der Waals surface area contributed by atoms with Crippen molar-refractivity contribution in [2.24, 2.45) is 0 Å². The minimum atomic E-state index is -7.78. The van der Waals surface area contributed by atoms with Crippen LogP contribution in [0.1, 0.15) is 0 Å². The average molecular weight is 584 g/mol. The molecule has 0 aliphatic heterocycles. The summed E-state index contributed by atoms with van der Waals surface area (Å²) < 4.78 is 205. The van der Waals surface area contributed by atoms with Gasteiger partial charge in [-0.2, -0.15) is 43.9 Å². The molecule has 38 heavy (non-hydrogen) atoms. The van der Waals surface area contributed by atoms with Crippen molar-refractivity contribution in [2.45, 2.75) is 46.7 Å². The Balaban J connectivity index is 4.65. The summed E-state index contributed by atoms with van der Waals surface area (Å²) in [6, 6.07) is 0. The Kier molecular flexibility index (Phi) is 8.17. The predicted molar refractivity (Wildman–Crippen MR) is 94.9 cm³/mol. The molecule has 4 unspecified atom stereocenters. The number of carbonyl (C=O) groups excluding carboxylic acids is 3. The summed E-state index contributed by atoms with van der Waals surface area (Å²) in [5.74, 6) is -54.0. The van der Waals surface area contributed by atoms with E-state index in [4.69, 9.17) is 0 Å². The van der Waals surface area contributed by atoms with E-state index in [1.54, 1.807) is 0 Å². The van der Waals surface area contributed by atoms with E-state index in [0.717, 1.165) is 0 Å². The number of esters is 3. The van der Waals surface area contributed by atoms with Crippen LogP contribution in [0.3, 0.4) is 0 Å². The summed E-state index contributed by atoms with van der Waals surface area (Å²) in [4.78, 5) is 34.2. The lowest BCUT2D eigenvalue weighted by Crippen LogP contribution is -2.89. The average Bonchev–Trinajstić information content (AvgIpc) is 2.84. The van der Waals surface area contributed by atoms with Crippen molar-refractivity contribution in [3.63, 3.8) is 0 Å². The molecule has 1 aliphatic carbocycles. The standard InChI is InChI=1S/C19H13F13O6/c1-4-9(33)36-13(8-21)14(23,24)12(22,7-20)15(25,26)18(31,37-10(34)5-2)17(29,30)19(32,16(13,27)28)38-11(35)6-3/h4-6H,1-3,7-8H2. The molecule has 0 amide bonds. The number of hydrogen-bond donors (Lipinski definition) is 0. The number of ether oxygens (including phenoxy) is 3. The van der Waals surface area contributed by atoms with Crippen molar-refractivity contribution in [3.8, 4) is 0 Å². The topological polar surface area (TPSA) is 78.9 Å². The van der Waals surface area contributed by atoms with Crippen molar-refractivity contribution < 1.29 is 85.7 Å². The zero-order chi connectivity index (χ0) is 30.4. The van der Waals surface area contributed by atoms with E-state index in [1.165, 1.54) is 0 Å². The van der Waals surface area contributed by atoms with Gasteiger partial charge in [0.25, 0.3) is 11.3 Å². The lowest BCUT2D eigenvalue weighted by Gasteiger charge is -2.56. The number of rotatable bonds is 8. The molecule has 0 bridgehead atoms. The van der Waals surface area contributed by atoms with E-state index >= 15 is 48.3 Å². The molecule has 0 N–H and O–H groups in total. The second-order valence-electron chi connectivity index (χ2n) is 7.26. The molecule has 0 spiro atoms. The van der Waals surface area contributed by atoms with Gasteiger partial charge < -0.3 is 14.2 Å². The lowest BCUT2D eigenvalue weighted by atomic mass is 9.67. The van der Waals surface area contributed by atoms with Crippen LogP contribution in [-0.2, 0) is 28.6 Å². The van der Waals surface area contributed by atoms with Crippen LogP contribution in [-0.4, -0.2) is 77.9 Å². The first-order valence-electron chi connectivity index (χ1n) is 9.25. The normalized spacial score (nSPS) is 35.0. The van der Waals surface area contributed by atoms with Gasteiger partial charge in [-0.15, -0.1) is 0 Å². The Morgan fingerprint density at radius 3 is 1.18 bits per heavy atom. The highest BCUT2D eigenvalue weighted by Gasteiger charge is 3.02. The maximum Gasteiger partial charge on any atom is 0.397 e. The molecule has 0 heterocycles. The molecule has 0 aromatic rings. The summed E-state index contributed by atoms with van der Waals surface area (Å²) >= 11 is 0. The van der Waals surface area contributed by atoms with Crippen molar-refractivity contribution >= 4 is 17.9 Å². The van der Waals surface area contributed by atoms with Crippen molar-refractivity contribution in [1.82, 2.24) is 0 Å². The van der Waals surface area contributed by atoms with Gasteiger partial charge >= 0.3 is 53.3 Å². The van der Waals surface area contributed by atoms with Gasteiger partial charge in [0.15, 0.2) is 0 Å². The molecule has 6 nitrogen and oxygen atoms in total. The Bertz CT molecular complexity index is 1030. The monoisotopic (exact) mass is 584 g/mol. The van der Waals surface area contributed by atoms with Crippen LogP contribution in [0.5, 0.6) is 0 Å². The number of hydrogen-bond acceptors (Lipinski definition) is 6. The summed E-state index contributed by atoms with van der Waals surface area (Å²) in [6.45, 7) is -0.972. The maximum atomic E-state index is 15.6. The molecular weight excluding hydrogens is 571 g/mol. The van der Waals surface area contributed by atoms with Gasteiger partial charge in [-0.25, -0.2) is 27.6 Å². The van der Waals surface area contributed by atoms with Crippen molar-refractivity contribution in [1.29, 1.82) is 0 Å². The van der Waals surface area contributed by atoms with Crippen molar-refractivity contribution in [3.05, 3.63) is 38.0 Å². The summed E-state index contributed by atoms with van der Waals surface area (Å²) in [5, 5.41) is 0. The van der Waals surface area contributed by atoms with Gasteiger partial charge in [0.05, 0.1) is 0 Å². The third kappa shape index (κ3) is 3.59. The van der Waals surface area contributed by atoms with E-state index in [-0.39, 0.29) is 0 Å². The Hall–Kier alpha value is -3.28. The highest BCUT2D eigenvalue weighted by atomic mass is 19.3. The minimum Gasteiger partial charge on any atom is -0.440 e. The summed E-state index contributed by atoms with van der Waals surface area (Å²) in [5.41, 5.74) is -13.8. The quantitative estimate of drug-likeness (QED) is 0.182. The van der Waals surface area contributed by atoms with Crippen LogP contribution < -0.4 is 0 Å². The number of halogens is 13. The fourth-order valence-corrected chi connectivity index (χ4v) is 3.15. The zero-order valence-corrected chi connectivity index (χ0v) is 18.1. The zero-order valence-electron chi connectivity index (χ0n) is 18.1. The van der Waals surface area contributed by atoms with E-state index in [1.807, 2.05) is 0 Å². The number of carbonyl (C=O) groups is 3. The van der Waals surface area contributed by atoms with Gasteiger partial charge in [-0.1, -0.05) is 19.7 Å². The van der Waals surface area contributed by atoms with Gasteiger partial charge in [-0.3, -0.25) is 0 Å². The third-order valence-electron chi connectivity index (χ3n) is 5.25. The fraction of sp³-hybridized carbons (Fsp3) is 0.526. The van der Waals surface area contributed by atoms with Gasteiger partial charge in [0, 0.05) is 18.2 Å². The van der Waals surface area contributed by atoms with E-state index in [9.17, 15) is 23.2 Å². The summed E-state index contributed by atoms with van der Waals surface area (Å²) in [7, 11) is 0. The van der Waals surface area contributed by atoms with Gasteiger partial charge in [0.2, 0.25) is 0 Å². The Labute approximate surface area is 202 Å². The highest BCUT2D eigenvalue weighted by Crippen LogP contribution is 2.69. The summed E-state index contributed by atoms with van der Waals surface area (Å²) in [6.07, 6.45) is -1.48. The molecule has 19 heteroatoms. The van der Waals surface area contributed by atoms with Crippen LogP contribution in [0.4, 0.5) is 57.1 Å². The van der Waals surface area contributed by atoms with Crippen LogP contribution in [0.25, 0.3) is 0 Å². The second-order valence-corrected chi connectivity index (χ2v) is 7.26. The molecule has 0 saturated heterocycles. The van der Waals surface area contributed by atoms with E-state index < -0.39 is 96.2 Å². The van der Waals surface area contributed by atoms with E-state index in [0.29, 0.717) is 0 Å². The molecule has 1 aliphatic rings. The highest BCUT2D eigenvalue weighted by molar-refractivity contribution is 5.83. The van der Waals surface area contributed by atoms with E-state index in [2.05, 4.69) is 33.9 Å². The third-order valence-corrected chi connectivity index (χ3v) is 5.25. The molecule has 216 valence electrons. The SMILES string of the molecule is C=CC(=O)OC1(F)C(F)(F)C(F)(CF)C(F)(F)C(CF)(OC(=O)C=C)C(F)(F)C(F)(OC(=O)C=C)C1(F)F. The minimum absolute atomic E-state index is 0.449. The predicted octanol–water partition coefficient (Wildman–Crippen LogP) is 4.45. The first-order chi connectivity index (χ1) is 17.0. The molecule has 0 aromatic carbocycles. The number of alkyl halides is 13. The maximum absolute atomic E-state index is 15.6. The Morgan fingerprint density at radius 1 is 0.526 bits per heavy atom. The fourth-order valence-electron chi connectivity index (χ4n) is 3.15. The largest absolute Gasteiger partial charge is 0.440 e.